The first kappa shape index (κ1) is 18.4. The van der Waals surface area contributed by atoms with Gasteiger partial charge in [0.05, 0.1) is 18.7 Å². The third-order valence-corrected chi connectivity index (χ3v) is 4.69. The Kier molecular flexibility index (Phi) is 5.23. The molecule has 8 heteroatoms. The van der Waals surface area contributed by atoms with Gasteiger partial charge in [-0.3, -0.25) is 4.79 Å². The highest BCUT2D eigenvalue weighted by Gasteiger charge is 2.11. The first-order chi connectivity index (χ1) is 13.6. The van der Waals surface area contributed by atoms with Gasteiger partial charge in [-0.05, 0) is 42.0 Å². The Hall–Kier alpha value is -2.96. The molecule has 0 radical (unpaired) electrons. The van der Waals surface area contributed by atoms with Crippen LogP contribution in [0.25, 0.3) is 16.9 Å². The second-order valence-electron chi connectivity index (χ2n) is 6.19. The van der Waals surface area contributed by atoms with Crippen molar-refractivity contribution in [3.8, 4) is 11.3 Å². The number of hydrogen-bond acceptors (Lipinski definition) is 4. The van der Waals surface area contributed by atoms with Gasteiger partial charge >= 0.3 is 0 Å². The molecule has 2 aromatic carbocycles. The van der Waals surface area contributed by atoms with Gasteiger partial charge in [-0.2, -0.15) is 9.61 Å². The fourth-order valence-corrected chi connectivity index (χ4v) is 3.00. The van der Waals surface area contributed by atoms with Crippen LogP contribution in [0.5, 0.6) is 0 Å². The Bertz CT molecular complexity index is 1120. The van der Waals surface area contributed by atoms with Gasteiger partial charge in [-0.15, -0.1) is 10.2 Å². The topological polar surface area (TPSA) is 72.2 Å². The quantitative estimate of drug-likeness (QED) is 0.539. The lowest BCUT2D eigenvalue weighted by Crippen LogP contribution is -2.25. The Labute approximate surface area is 171 Å². The van der Waals surface area contributed by atoms with Crippen LogP contribution in [0.3, 0.4) is 0 Å². The predicted octanol–water partition coefficient (Wildman–Crippen LogP) is 3.96. The number of benzene rings is 2. The lowest BCUT2D eigenvalue weighted by molar-refractivity contribution is -0.120. The molecule has 1 N–H and O–H groups in total. The van der Waals surface area contributed by atoms with Crippen molar-refractivity contribution in [3.05, 3.63) is 82.1 Å². The summed E-state index contributed by atoms with van der Waals surface area (Å²) in [5, 5.41) is 17.0. The zero-order valence-corrected chi connectivity index (χ0v) is 16.2. The van der Waals surface area contributed by atoms with Crippen molar-refractivity contribution >= 4 is 34.8 Å². The Morgan fingerprint density at radius 2 is 1.57 bits per heavy atom. The fraction of sp³-hybridized carbons (Fsp3) is 0.100. The minimum Gasteiger partial charge on any atom is -0.348 e. The van der Waals surface area contributed by atoms with E-state index in [1.165, 1.54) is 0 Å². The average Bonchev–Trinajstić information content (AvgIpc) is 3.11. The summed E-state index contributed by atoms with van der Waals surface area (Å²) >= 11 is 11.8. The highest BCUT2D eigenvalue weighted by molar-refractivity contribution is 6.30. The van der Waals surface area contributed by atoms with Crippen LogP contribution in [0.4, 0.5) is 0 Å². The number of amides is 1. The highest BCUT2D eigenvalue weighted by Crippen LogP contribution is 2.20. The van der Waals surface area contributed by atoms with Crippen molar-refractivity contribution in [2.45, 2.75) is 13.0 Å². The molecular formula is C20H15Cl2N5O. The summed E-state index contributed by atoms with van der Waals surface area (Å²) in [5.41, 5.74) is 3.19. The van der Waals surface area contributed by atoms with Gasteiger partial charge in [0.25, 0.3) is 0 Å². The first-order valence-electron chi connectivity index (χ1n) is 8.57. The number of rotatable bonds is 5. The van der Waals surface area contributed by atoms with E-state index in [4.69, 9.17) is 23.2 Å². The standard InChI is InChI=1S/C20H15Cl2N5O/c21-15-5-1-13(2-6-15)11-20(28)23-12-19-25-24-18-10-9-17(26-27(18)19)14-3-7-16(22)8-4-14/h1-10H,11-12H2,(H,23,28). The molecule has 0 saturated carbocycles. The summed E-state index contributed by atoms with van der Waals surface area (Å²) in [6.45, 7) is 0.227. The second kappa shape index (κ2) is 7.96. The number of carbonyl (C=O) groups is 1. The fourth-order valence-electron chi connectivity index (χ4n) is 2.75. The van der Waals surface area contributed by atoms with Gasteiger partial charge < -0.3 is 5.32 Å². The summed E-state index contributed by atoms with van der Waals surface area (Å²) in [5.74, 6) is 0.434. The van der Waals surface area contributed by atoms with Crippen LogP contribution < -0.4 is 5.32 Å². The van der Waals surface area contributed by atoms with Gasteiger partial charge in [-0.1, -0.05) is 47.5 Å². The zero-order chi connectivity index (χ0) is 19.5. The summed E-state index contributed by atoms with van der Waals surface area (Å²) in [6.07, 6.45) is 0.261. The van der Waals surface area contributed by atoms with Crippen LogP contribution in [0.1, 0.15) is 11.4 Å². The first-order valence-corrected chi connectivity index (χ1v) is 9.32. The second-order valence-corrected chi connectivity index (χ2v) is 7.06. The minimum absolute atomic E-state index is 0.118. The maximum absolute atomic E-state index is 12.2. The minimum atomic E-state index is -0.118. The highest BCUT2D eigenvalue weighted by atomic mass is 35.5. The summed E-state index contributed by atoms with van der Waals surface area (Å²) in [4.78, 5) is 12.2. The molecule has 0 bridgehead atoms. The van der Waals surface area contributed by atoms with Gasteiger partial charge in [0, 0.05) is 15.6 Å². The van der Waals surface area contributed by atoms with Crippen LogP contribution >= 0.6 is 23.2 Å². The molecule has 0 spiro atoms. The van der Waals surface area contributed by atoms with Gasteiger partial charge in [-0.25, -0.2) is 0 Å². The maximum atomic E-state index is 12.2. The molecule has 0 unspecified atom stereocenters. The van der Waals surface area contributed by atoms with Crippen LogP contribution in [0, 0.1) is 0 Å². The normalized spacial score (nSPS) is 10.9. The Morgan fingerprint density at radius 1 is 0.893 bits per heavy atom. The number of carbonyl (C=O) groups excluding carboxylic acids is 1. The monoisotopic (exact) mass is 411 g/mol. The van der Waals surface area contributed by atoms with Gasteiger partial charge in [0.15, 0.2) is 11.5 Å². The molecule has 4 rings (SSSR count). The molecule has 1 amide bonds. The van der Waals surface area contributed by atoms with Crippen molar-refractivity contribution < 1.29 is 4.79 Å². The van der Waals surface area contributed by atoms with Crippen molar-refractivity contribution in [2.24, 2.45) is 0 Å². The van der Waals surface area contributed by atoms with Crippen LogP contribution in [-0.2, 0) is 17.8 Å². The van der Waals surface area contributed by atoms with E-state index in [0.717, 1.165) is 16.8 Å². The Morgan fingerprint density at radius 3 is 2.29 bits per heavy atom. The third kappa shape index (κ3) is 4.13. The molecule has 0 aliphatic heterocycles. The maximum Gasteiger partial charge on any atom is 0.224 e. The van der Waals surface area contributed by atoms with E-state index < -0.39 is 0 Å². The molecular weight excluding hydrogens is 397 g/mol. The molecule has 28 heavy (non-hydrogen) atoms. The number of nitrogens with one attached hydrogen (secondary N) is 1. The van der Waals surface area contributed by atoms with Crippen molar-refractivity contribution in [1.82, 2.24) is 25.1 Å². The molecule has 2 aromatic heterocycles. The molecule has 0 aliphatic carbocycles. The third-order valence-electron chi connectivity index (χ3n) is 4.19. The molecule has 0 aliphatic rings. The lowest BCUT2D eigenvalue weighted by atomic mass is 10.1. The number of aromatic nitrogens is 4. The number of hydrogen-bond donors (Lipinski definition) is 1. The molecule has 6 nitrogen and oxygen atoms in total. The van der Waals surface area contributed by atoms with E-state index in [1.54, 1.807) is 16.6 Å². The summed E-state index contributed by atoms with van der Waals surface area (Å²) in [7, 11) is 0. The van der Waals surface area contributed by atoms with E-state index >= 15 is 0 Å². The van der Waals surface area contributed by atoms with Crippen molar-refractivity contribution in [3.63, 3.8) is 0 Å². The van der Waals surface area contributed by atoms with Crippen LogP contribution in [0.2, 0.25) is 10.0 Å². The lowest BCUT2D eigenvalue weighted by Gasteiger charge is -2.06. The molecule has 0 fully saturated rings. The smallest absolute Gasteiger partial charge is 0.224 e. The molecule has 2 heterocycles. The Balaban J connectivity index is 1.49. The van der Waals surface area contributed by atoms with Crippen molar-refractivity contribution in [1.29, 1.82) is 0 Å². The average molecular weight is 412 g/mol. The van der Waals surface area contributed by atoms with E-state index in [2.05, 4.69) is 20.6 Å². The number of nitrogens with zero attached hydrogens (tertiary/aromatic N) is 4. The van der Waals surface area contributed by atoms with E-state index in [1.807, 2.05) is 48.5 Å². The van der Waals surface area contributed by atoms with Crippen molar-refractivity contribution in [2.75, 3.05) is 0 Å². The SMILES string of the molecule is O=C(Cc1ccc(Cl)cc1)NCc1nnc2ccc(-c3ccc(Cl)cc3)nn12. The summed E-state index contributed by atoms with van der Waals surface area (Å²) in [6, 6.07) is 18.3. The van der Waals surface area contributed by atoms with Crippen LogP contribution in [0.15, 0.2) is 60.7 Å². The van der Waals surface area contributed by atoms with E-state index in [9.17, 15) is 4.79 Å². The number of fused-ring (bicyclic) bond motifs is 1. The molecule has 0 saturated heterocycles. The van der Waals surface area contributed by atoms with Gasteiger partial charge in [0.1, 0.15) is 0 Å². The zero-order valence-electron chi connectivity index (χ0n) is 14.6. The van der Waals surface area contributed by atoms with Crippen LogP contribution in [-0.4, -0.2) is 25.7 Å². The van der Waals surface area contributed by atoms with E-state index in [-0.39, 0.29) is 18.9 Å². The predicted molar refractivity (Wildman–Crippen MR) is 108 cm³/mol. The molecule has 0 atom stereocenters. The number of halogens is 2. The molecule has 140 valence electrons. The summed E-state index contributed by atoms with van der Waals surface area (Å²) < 4.78 is 1.63. The largest absolute Gasteiger partial charge is 0.348 e. The van der Waals surface area contributed by atoms with Gasteiger partial charge in [0.2, 0.25) is 5.91 Å². The van der Waals surface area contributed by atoms with E-state index in [0.29, 0.717) is 21.5 Å². The molecule has 4 aromatic rings.